The van der Waals surface area contributed by atoms with Crippen LogP contribution in [-0.4, -0.2) is 17.3 Å². The number of benzene rings is 1. The SMILES string of the molecule is Cc1ccc(N=C=S)c(C)c1COC(=O)[C@H]1[C@@H](C=C(Cl)C(F)(F)F)C1(C)C. The van der Waals surface area contributed by atoms with E-state index in [4.69, 9.17) is 16.3 Å². The Kier molecular flexibility index (Phi) is 6.19. The summed E-state index contributed by atoms with van der Waals surface area (Å²) in [6.45, 7) is 7.14. The third-order valence-electron chi connectivity index (χ3n) is 5.09. The van der Waals surface area contributed by atoms with Crippen molar-refractivity contribution in [3.05, 3.63) is 39.9 Å². The molecule has 0 saturated heterocycles. The lowest BCUT2D eigenvalue weighted by atomic mass is 10.0. The number of esters is 1. The average molecular weight is 418 g/mol. The molecule has 0 radical (unpaired) electrons. The number of hydrogen-bond acceptors (Lipinski definition) is 4. The lowest BCUT2D eigenvalue weighted by molar-refractivity contribution is -0.147. The van der Waals surface area contributed by atoms with Crippen molar-refractivity contribution < 1.29 is 22.7 Å². The first-order valence-electron chi connectivity index (χ1n) is 8.19. The van der Waals surface area contributed by atoms with Gasteiger partial charge < -0.3 is 4.74 Å². The van der Waals surface area contributed by atoms with E-state index in [0.717, 1.165) is 22.8 Å². The molecule has 0 aliphatic heterocycles. The van der Waals surface area contributed by atoms with Gasteiger partial charge >= 0.3 is 12.1 Å². The van der Waals surface area contributed by atoms with E-state index in [-0.39, 0.29) is 6.61 Å². The molecule has 0 unspecified atom stereocenters. The van der Waals surface area contributed by atoms with Crippen molar-refractivity contribution >= 4 is 40.6 Å². The molecule has 8 heteroatoms. The third-order valence-corrected chi connectivity index (χ3v) is 5.52. The van der Waals surface area contributed by atoms with Gasteiger partial charge in [-0.25, -0.2) is 0 Å². The molecule has 1 fully saturated rings. The molecule has 0 amide bonds. The van der Waals surface area contributed by atoms with Crippen molar-refractivity contribution in [3.8, 4) is 0 Å². The van der Waals surface area contributed by atoms with Crippen LogP contribution >= 0.6 is 23.8 Å². The zero-order chi connectivity index (χ0) is 20.6. The van der Waals surface area contributed by atoms with Crippen molar-refractivity contribution in [2.45, 2.75) is 40.5 Å². The molecular formula is C19H19ClF3NO2S. The Labute approximate surface area is 166 Å². The van der Waals surface area contributed by atoms with Crippen molar-refractivity contribution in [3.63, 3.8) is 0 Å². The van der Waals surface area contributed by atoms with Gasteiger partial charge in [-0.1, -0.05) is 37.6 Å². The summed E-state index contributed by atoms with van der Waals surface area (Å²) in [7, 11) is 0. The zero-order valence-corrected chi connectivity index (χ0v) is 16.9. The molecule has 2 rings (SSSR count). The number of ether oxygens (including phenoxy) is 1. The Hall–Kier alpha value is -1.69. The van der Waals surface area contributed by atoms with E-state index in [2.05, 4.69) is 22.4 Å². The van der Waals surface area contributed by atoms with Crippen LogP contribution in [-0.2, 0) is 16.1 Å². The summed E-state index contributed by atoms with van der Waals surface area (Å²) in [6, 6.07) is 3.62. The minimum atomic E-state index is -4.62. The number of hydrogen-bond donors (Lipinski definition) is 0. The largest absolute Gasteiger partial charge is 0.461 e. The van der Waals surface area contributed by atoms with E-state index in [1.54, 1.807) is 19.9 Å². The van der Waals surface area contributed by atoms with E-state index in [0.29, 0.717) is 5.69 Å². The van der Waals surface area contributed by atoms with E-state index < -0.39 is 34.4 Å². The summed E-state index contributed by atoms with van der Waals surface area (Å²) in [5.74, 6) is -1.83. The van der Waals surface area contributed by atoms with Crippen LogP contribution in [0, 0.1) is 31.1 Å². The molecule has 1 aromatic carbocycles. The molecule has 0 bridgehead atoms. The van der Waals surface area contributed by atoms with Gasteiger partial charge in [0.15, 0.2) is 0 Å². The van der Waals surface area contributed by atoms with Crippen LogP contribution in [0.5, 0.6) is 0 Å². The van der Waals surface area contributed by atoms with Gasteiger partial charge in [0.25, 0.3) is 0 Å². The van der Waals surface area contributed by atoms with Gasteiger partial charge in [-0.15, -0.1) is 0 Å². The molecule has 2 atom stereocenters. The van der Waals surface area contributed by atoms with E-state index in [1.165, 1.54) is 0 Å². The summed E-state index contributed by atoms with van der Waals surface area (Å²) in [6.07, 6.45) is -3.72. The maximum atomic E-state index is 12.6. The van der Waals surface area contributed by atoms with Crippen LogP contribution in [0.15, 0.2) is 28.2 Å². The normalized spacial score (nSPS) is 21.4. The van der Waals surface area contributed by atoms with Gasteiger partial charge in [0.1, 0.15) is 11.6 Å². The number of thiocarbonyl (C=S) groups is 1. The Bertz CT molecular complexity index is 842. The zero-order valence-electron chi connectivity index (χ0n) is 15.3. The van der Waals surface area contributed by atoms with Crippen LogP contribution in [0.2, 0.25) is 0 Å². The second kappa shape index (κ2) is 7.74. The molecular weight excluding hydrogens is 399 g/mol. The van der Waals surface area contributed by atoms with Crippen molar-refractivity contribution in [1.29, 1.82) is 0 Å². The highest BCUT2D eigenvalue weighted by Gasteiger charge is 2.62. The Morgan fingerprint density at radius 2 is 2.04 bits per heavy atom. The first-order chi connectivity index (χ1) is 12.4. The fourth-order valence-corrected chi connectivity index (χ4v) is 3.43. The molecule has 146 valence electrons. The highest BCUT2D eigenvalue weighted by molar-refractivity contribution is 7.78. The third kappa shape index (κ3) is 4.60. The summed E-state index contributed by atoms with van der Waals surface area (Å²) in [4.78, 5) is 16.4. The number of isothiocyanates is 1. The molecule has 1 aromatic rings. The number of halogens is 4. The van der Waals surface area contributed by atoms with Crippen LogP contribution < -0.4 is 0 Å². The quantitative estimate of drug-likeness (QED) is 0.333. The Balaban J connectivity index is 2.13. The van der Waals surface area contributed by atoms with Crippen LogP contribution in [0.4, 0.5) is 18.9 Å². The molecule has 1 saturated carbocycles. The molecule has 0 aromatic heterocycles. The predicted octanol–water partition coefficient (Wildman–Crippen LogP) is 6.04. The maximum absolute atomic E-state index is 12.6. The first kappa shape index (κ1) is 21.6. The molecule has 0 heterocycles. The standard InChI is InChI=1S/C19H19ClF3NO2S/c1-10-5-6-14(24-9-27)11(2)12(10)8-26-17(25)16-13(18(16,3)4)7-15(20)19(21,22)23/h5-7,13,16H,8H2,1-4H3/t13-,16-/m1/s1. The number of aryl methyl sites for hydroxylation is 1. The summed E-state index contributed by atoms with van der Waals surface area (Å²) in [5.41, 5.74) is 2.50. The molecule has 27 heavy (non-hydrogen) atoms. The topological polar surface area (TPSA) is 38.7 Å². The van der Waals surface area contributed by atoms with Crippen LogP contribution in [0.25, 0.3) is 0 Å². The number of carbonyl (C=O) groups excluding carboxylic acids is 1. The predicted molar refractivity (Wildman–Crippen MR) is 101 cm³/mol. The van der Waals surface area contributed by atoms with Crippen LogP contribution in [0.1, 0.15) is 30.5 Å². The summed E-state index contributed by atoms with van der Waals surface area (Å²) >= 11 is 9.93. The van der Waals surface area contributed by atoms with Crippen molar-refractivity contribution in [1.82, 2.24) is 0 Å². The molecule has 0 spiro atoms. The van der Waals surface area contributed by atoms with E-state index in [1.807, 2.05) is 19.9 Å². The van der Waals surface area contributed by atoms with Crippen molar-refractivity contribution in [2.75, 3.05) is 0 Å². The minimum Gasteiger partial charge on any atom is -0.461 e. The second-order valence-electron chi connectivity index (χ2n) is 7.15. The number of allylic oxidation sites excluding steroid dienone is 2. The lowest BCUT2D eigenvalue weighted by Gasteiger charge is -2.12. The highest BCUT2D eigenvalue weighted by atomic mass is 35.5. The van der Waals surface area contributed by atoms with Gasteiger partial charge in [0, 0.05) is 0 Å². The maximum Gasteiger partial charge on any atom is 0.426 e. The van der Waals surface area contributed by atoms with Crippen molar-refractivity contribution in [2.24, 2.45) is 22.2 Å². The number of nitrogens with zero attached hydrogens (tertiary/aromatic N) is 1. The average Bonchev–Trinajstić information content (AvgIpc) is 3.09. The van der Waals surface area contributed by atoms with Gasteiger partial charge in [0.05, 0.1) is 16.8 Å². The fourth-order valence-electron chi connectivity index (χ4n) is 3.20. The van der Waals surface area contributed by atoms with E-state index in [9.17, 15) is 18.0 Å². The number of alkyl halides is 3. The Morgan fingerprint density at radius 3 is 2.59 bits per heavy atom. The second-order valence-corrected chi connectivity index (χ2v) is 7.74. The summed E-state index contributed by atoms with van der Waals surface area (Å²) in [5, 5.41) is 1.09. The summed E-state index contributed by atoms with van der Waals surface area (Å²) < 4.78 is 43.3. The van der Waals surface area contributed by atoms with Gasteiger partial charge in [-0.3, -0.25) is 4.79 Å². The number of carbonyl (C=O) groups is 1. The smallest absolute Gasteiger partial charge is 0.426 e. The number of rotatable bonds is 5. The monoisotopic (exact) mass is 417 g/mol. The molecule has 1 aliphatic rings. The minimum absolute atomic E-state index is 0.00725. The van der Waals surface area contributed by atoms with Gasteiger partial charge in [-0.2, -0.15) is 18.2 Å². The Morgan fingerprint density at radius 1 is 1.41 bits per heavy atom. The fraction of sp³-hybridized carbons (Fsp3) is 0.474. The van der Waals surface area contributed by atoms with Crippen LogP contribution in [0.3, 0.4) is 0 Å². The van der Waals surface area contributed by atoms with Gasteiger partial charge in [-0.05, 0) is 60.2 Å². The first-order valence-corrected chi connectivity index (χ1v) is 8.98. The number of aliphatic imine (C=N–C) groups is 1. The van der Waals surface area contributed by atoms with E-state index >= 15 is 0 Å². The van der Waals surface area contributed by atoms with Gasteiger partial charge in [0.2, 0.25) is 0 Å². The lowest BCUT2D eigenvalue weighted by Crippen LogP contribution is -2.12. The molecule has 3 nitrogen and oxygen atoms in total. The molecule has 0 N–H and O–H groups in total. The molecule has 1 aliphatic carbocycles. The highest BCUT2D eigenvalue weighted by Crippen LogP contribution is 2.60.